The number of aromatic amines is 1. The van der Waals surface area contributed by atoms with E-state index in [2.05, 4.69) is 15.0 Å². The van der Waals surface area contributed by atoms with Crippen molar-refractivity contribution >= 4 is 17.4 Å². The van der Waals surface area contributed by atoms with E-state index < -0.39 is 17.7 Å². The first kappa shape index (κ1) is 18.6. The first-order valence-corrected chi connectivity index (χ1v) is 9.39. The molecule has 4 rings (SSSR count). The molecule has 3 heterocycles. The van der Waals surface area contributed by atoms with Gasteiger partial charge in [0.1, 0.15) is 11.6 Å². The Labute approximate surface area is 167 Å². The van der Waals surface area contributed by atoms with Crippen molar-refractivity contribution in [2.24, 2.45) is 0 Å². The van der Waals surface area contributed by atoms with E-state index in [9.17, 15) is 14.7 Å². The van der Waals surface area contributed by atoms with Gasteiger partial charge in [-0.05, 0) is 18.1 Å². The highest BCUT2D eigenvalue weighted by molar-refractivity contribution is 6.46. The number of hydrogen-bond donors (Lipinski definition) is 2. The Hall–Kier alpha value is -3.74. The number of nitrogens with one attached hydrogen (secondary N) is 1. The number of nitrogens with zero attached hydrogens (tertiary/aromatic N) is 3. The van der Waals surface area contributed by atoms with Crippen molar-refractivity contribution < 1.29 is 14.7 Å². The molecule has 0 spiro atoms. The number of amides is 1. The highest BCUT2D eigenvalue weighted by Crippen LogP contribution is 2.39. The van der Waals surface area contributed by atoms with E-state index in [-0.39, 0.29) is 11.3 Å². The number of Topliss-reactive ketones (excluding diaryl/α,β-unsaturated/α-hetero) is 1. The van der Waals surface area contributed by atoms with E-state index in [1.54, 1.807) is 61.2 Å². The number of ketones is 1. The van der Waals surface area contributed by atoms with Crippen molar-refractivity contribution in [2.75, 3.05) is 6.54 Å². The second kappa shape index (κ2) is 8.10. The molecule has 1 aromatic carbocycles. The van der Waals surface area contributed by atoms with Crippen molar-refractivity contribution in [1.82, 2.24) is 19.9 Å². The summed E-state index contributed by atoms with van der Waals surface area (Å²) in [5.74, 6) is -0.649. The van der Waals surface area contributed by atoms with Gasteiger partial charge in [-0.15, -0.1) is 0 Å². The molecule has 0 bridgehead atoms. The highest BCUT2D eigenvalue weighted by Gasteiger charge is 2.45. The number of aliphatic hydroxyl groups is 1. The molecule has 1 saturated heterocycles. The zero-order valence-corrected chi connectivity index (χ0v) is 15.7. The van der Waals surface area contributed by atoms with Gasteiger partial charge >= 0.3 is 0 Å². The van der Waals surface area contributed by atoms with Crippen LogP contribution in [0, 0.1) is 0 Å². The molecule has 0 aliphatic carbocycles. The third-order valence-electron chi connectivity index (χ3n) is 4.95. The summed E-state index contributed by atoms with van der Waals surface area (Å²) >= 11 is 0. The van der Waals surface area contributed by atoms with Gasteiger partial charge in [0.05, 0.1) is 11.6 Å². The second-order valence-corrected chi connectivity index (χ2v) is 6.78. The lowest BCUT2D eigenvalue weighted by Gasteiger charge is -2.25. The van der Waals surface area contributed by atoms with Crippen LogP contribution in [0.15, 0.2) is 72.8 Å². The average Bonchev–Trinajstić information content (AvgIpc) is 3.37. The van der Waals surface area contributed by atoms with Crippen LogP contribution in [0.5, 0.6) is 0 Å². The fourth-order valence-electron chi connectivity index (χ4n) is 3.60. The van der Waals surface area contributed by atoms with E-state index in [4.69, 9.17) is 0 Å². The van der Waals surface area contributed by atoms with Gasteiger partial charge in [0, 0.05) is 43.3 Å². The molecule has 1 atom stereocenters. The number of rotatable bonds is 6. The van der Waals surface area contributed by atoms with Crippen molar-refractivity contribution in [2.45, 2.75) is 18.9 Å². The van der Waals surface area contributed by atoms with Crippen LogP contribution in [0.4, 0.5) is 0 Å². The fraction of sp³-hybridized carbons (Fsp3) is 0.182. The van der Waals surface area contributed by atoms with Crippen LogP contribution in [0.3, 0.4) is 0 Å². The van der Waals surface area contributed by atoms with E-state index in [1.807, 2.05) is 6.07 Å². The van der Waals surface area contributed by atoms with Gasteiger partial charge in [0.2, 0.25) is 0 Å². The molecule has 1 unspecified atom stereocenters. The van der Waals surface area contributed by atoms with E-state index in [0.29, 0.717) is 30.5 Å². The largest absolute Gasteiger partial charge is 0.507 e. The van der Waals surface area contributed by atoms with Crippen LogP contribution in [0.2, 0.25) is 0 Å². The van der Waals surface area contributed by atoms with Crippen molar-refractivity contribution in [1.29, 1.82) is 0 Å². The Bertz CT molecular complexity index is 1030. The van der Waals surface area contributed by atoms with Gasteiger partial charge in [-0.1, -0.05) is 36.4 Å². The summed E-state index contributed by atoms with van der Waals surface area (Å²) in [4.78, 5) is 38.5. The number of aryl methyl sites for hydroxylation is 1. The Morgan fingerprint density at radius 3 is 2.62 bits per heavy atom. The van der Waals surface area contributed by atoms with Gasteiger partial charge in [-0.2, -0.15) is 0 Å². The minimum absolute atomic E-state index is 0.0900. The molecule has 2 N–H and O–H groups in total. The van der Waals surface area contributed by atoms with E-state index in [0.717, 1.165) is 5.82 Å². The summed E-state index contributed by atoms with van der Waals surface area (Å²) < 4.78 is 0. The Morgan fingerprint density at radius 2 is 1.93 bits per heavy atom. The topological polar surface area (TPSA) is 99.2 Å². The zero-order chi connectivity index (χ0) is 20.2. The number of hydrogen-bond acceptors (Lipinski definition) is 5. The number of pyridine rings is 1. The summed E-state index contributed by atoms with van der Waals surface area (Å²) in [6, 6.07) is 11.7. The first-order valence-electron chi connectivity index (χ1n) is 9.39. The van der Waals surface area contributed by atoms with Crippen molar-refractivity contribution in [3.05, 3.63) is 89.8 Å². The van der Waals surface area contributed by atoms with Crippen molar-refractivity contribution in [3.63, 3.8) is 0 Å². The first-order chi connectivity index (χ1) is 14.2. The van der Waals surface area contributed by atoms with Crippen LogP contribution in [-0.4, -0.2) is 43.2 Å². The molecule has 3 aromatic rings. The number of carbonyl (C=O) groups excluding carboxylic acids is 2. The van der Waals surface area contributed by atoms with Crippen LogP contribution in [-0.2, 0) is 16.0 Å². The van der Waals surface area contributed by atoms with Crippen LogP contribution < -0.4 is 0 Å². The Balaban J connectivity index is 1.70. The average molecular weight is 388 g/mol. The number of H-pyrrole nitrogens is 1. The van der Waals surface area contributed by atoms with Gasteiger partial charge in [0.15, 0.2) is 0 Å². The smallest absolute Gasteiger partial charge is 0.295 e. The van der Waals surface area contributed by atoms with Crippen LogP contribution in [0.1, 0.15) is 29.4 Å². The molecule has 1 aliphatic rings. The summed E-state index contributed by atoms with van der Waals surface area (Å²) in [7, 11) is 0. The monoisotopic (exact) mass is 388 g/mol. The van der Waals surface area contributed by atoms with Gasteiger partial charge < -0.3 is 15.0 Å². The minimum atomic E-state index is -0.682. The molecule has 146 valence electrons. The molecular formula is C22H20N4O3. The molecule has 2 aromatic heterocycles. The zero-order valence-electron chi connectivity index (χ0n) is 15.7. The maximum absolute atomic E-state index is 12.9. The molecule has 7 heteroatoms. The lowest BCUT2D eigenvalue weighted by molar-refractivity contribution is -0.139. The van der Waals surface area contributed by atoms with E-state index in [1.165, 1.54) is 4.90 Å². The summed E-state index contributed by atoms with van der Waals surface area (Å²) in [6.07, 6.45) is 7.95. The number of carbonyl (C=O) groups is 2. The molecule has 0 saturated carbocycles. The van der Waals surface area contributed by atoms with Crippen LogP contribution >= 0.6 is 0 Å². The maximum atomic E-state index is 12.9. The second-order valence-electron chi connectivity index (χ2n) is 6.78. The predicted octanol–water partition coefficient (Wildman–Crippen LogP) is 2.86. The molecule has 1 fully saturated rings. The normalized spacial score (nSPS) is 18.3. The highest BCUT2D eigenvalue weighted by atomic mass is 16.3. The minimum Gasteiger partial charge on any atom is -0.507 e. The SMILES string of the molecule is O=C1C(=O)N(CCCc2ncc[nH]2)C(c2cccnc2)/C1=C(\O)c1ccccc1. The van der Waals surface area contributed by atoms with Crippen LogP contribution in [0.25, 0.3) is 5.76 Å². The number of benzene rings is 1. The standard InChI is InChI=1S/C22H20N4O3/c27-20(15-6-2-1-3-7-15)18-19(16-8-4-10-23-14-16)26(22(29)21(18)28)13-5-9-17-24-11-12-25-17/h1-4,6-8,10-12,14,19,27H,5,9,13H2,(H,24,25)/b20-18+. The molecule has 0 radical (unpaired) electrons. The summed E-state index contributed by atoms with van der Waals surface area (Å²) in [6.45, 7) is 0.358. The number of likely N-dealkylation sites (tertiary alicyclic amines) is 1. The Kier molecular flexibility index (Phi) is 5.20. The third-order valence-corrected chi connectivity index (χ3v) is 4.95. The third kappa shape index (κ3) is 3.67. The molecule has 1 amide bonds. The Morgan fingerprint density at radius 1 is 1.10 bits per heavy atom. The summed E-state index contributed by atoms with van der Waals surface area (Å²) in [5, 5.41) is 10.9. The molecule has 1 aliphatic heterocycles. The molecule has 7 nitrogen and oxygen atoms in total. The molecule has 29 heavy (non-hydrogen) atoms. The summed E-state index contributed by atoms with van der Waals surface area (Å²) in [5.41, 5.74) is 1.27. The lowest BCUT2D eigenvalue weighted by atomic mass is 9.96. The van der Waals surface area contributed by atoms with Gasteiger partial charge in [0.25, 0.3) is 11.7 Å². The van der Waals surface area contributed by atoms with Gasteiger partial charge in [-0.3, -0.25) is 14.6 Å². The van der Waals surface area contributed by atoms with Gasteiger partial charge in [-0.25, -0.2) is 4.98 Å². The predicted molar refractivity (Wildman–Crippen MR) is 107 cm³/mol. The lowest BCUT2D eigenvalue weighted by Crippen LogP contribution is -2.31. The number of imidazole rings is 1. The number of aliphatic hydroxyl groups excluding tert-OH is 1. The maximum Gasteiger partial charge on any atom is 0.295 e. The fourth-order valence-corrected chi connectivity index (χ4v) is 3.60. The number of aromatic nitrogens is 3. The van der Waals surface area contributed by atoms with E-state index >= 15 is 0 Å². The quantitative estimate of drug-likeness (QED) is 0.384. The molecular weight excluding hydrogens is 368 g/mol. The van der Waals surface area contributed by atoms with Crippen molar-refractivity contribution in [3.8, 4) is 0 Å².